The lowest BCUT2D eigenvalue weighted by Crippen LogP contribution is -2.54. The van der Waals surface area contributed by atoms with Crippen LogP contribution in [0.25, 0.3) is 6.08 Å². The van der Waals surface area contributed by atoms with Crippen molar-refractivity contribution in [2.75, 3.05) is 4.90 Å². The number of hydrogen-bond donors (Lipinski definition) is 1. The molecule has 1 aliphatic heterocycles. The van der Waals surface area contributed by atoms with Crippen LogP contribution in [0.2, 0.25) is 0 Å². The first-order valence-electron chi connectivity index (χ1n) is 9.97. The first-order valence-corrected chi connectivity index (χ1v) is 10.8. The second kappa shape index (κ2) is 9.38. The minimum absolute atomic E-state index is 0.170. The molecule has 0 saturated carbocycles. The number of barbiturate groups is 1. The van der Waals surface area contributed by atoms with Crippen molar-refractivity contribution in [3.8, 4) is 5.75 Å². The number of halogens is 2. The lowest BCUT2D eigenvalue weighted by atomic mass is 10.0. The number of para-hydroxylation sites is 1. The molecule has 4 rings (SSSR count). The van der Waals surface area contributed by atoms with Crippen molar-refractivity contribution in [1.29, 1.82) is 0 Å². The summed E-state index contributed by atoms with van der Waals surface area (Å²) in [7, 11) is 0. The van der Waals surface area contributed by atoms with Crippen LogP contribution in [0.1, 0.15) is 16.7 Å². The van der Waals surface area contributed by atoms with Crippen LogP contribution in [0.5, 0.6) is 5.75 Å². The molecule has 3 aromatic rings. The van der Waals surface area contributed by atoms with Gasteiger partial charge in [0.1, 0.15) is 23.7 Å². The number of hydrogen-bond acceptors (Lipinski definition) is 4. The van der Waals surface area contributed by atoms with Crippen LogP contribution < -0.4 is 15.0 Å². The minimum Gasteiger partial charge on any atom is -0.488 e. The highest BCUT2D eigenvalue weighted by atomic mass is 79.9. The van der Waals surface area contributed by atoms with Gasteiger partial charge in [-0.25, -0.2) is 14.1 Å². The van der Waals surface area contributed by atoms with Gasteiger partial charge in [-0.3, -0.25) is 14.9 Å². The zero-order chi connectivity index (χ0) is 23.5. The number of urea groups is 1. The molecule has 33 heavy (non-hydrogen) atoms. The Morgan fingerprint density at radius 3 is 2.48 bits per heavy atom. The van der Waals surface area contributed by atoms with Crippen LogP contribution >= 0.6 is 15.9 Å². The molecule has 3 aromatic carbocycles. The van der Waals surface area contributed by atoms with Gasteiger partial charge in [-0.1, -0.05) is 46.3 Å². The van der Waals surface area contributed by atoms with Gasteiger partial charge < -0.3 is 4.74 Å². The molecule has 0 radical (unpaired) electrons. The summed E-state index contributed by atoms with van der Waals surface area (Å²) in [5, 5.41) is 2.22. The van der Waals surface area contributed by atoms with E-state index in [0.717, 1.165) is 14.9 Å². The van der Waals surface area contributed by atoms with Gasteiger partial charge in [-0.05, 0) is 60.5 Å². The number of anilines is 1. The standard InChI is InChI=1S/C25H18BrFN2O4/c1-15-12-18(26)8-11-21(15)29-24(31)20(23(30)28-25(29)32)13-17-4-2-3-5-22(17)33-14-16-6-9-19(27)10-7-16/h2-13H,14H2,1H3,(H,28,30,32)/b20-13-. The third-order valence-corrected chi connectivity index (χ3v) is 5.52. The molecule has 8 heteroatoms. The van der Waals surface area contributed by atoms with E-state index in [1.54, 1.807) is 61.5 Å². The molecule has 1 N–H and O–H groups in total. The number of amides is 4. The van der Waals surface area contributed by atoms with Gasteiger partial charge in [0, 0.05) is 10.0 Å². The SMILES string of the molecule is Cc1cc(Br)ccc1N1C(=O)NC(=O)/C(=C/c2ccccc2OCc2ccc(F)cc2)C1=O. The van der Waals surface area contributed by atoms with Crippen molar-refractivity contribution in [2.45, 2.75) is 13.5 Å². The van der Waals surface area contributed by atoms with Crippen LogP contribution in [0.4, 0.5) is 14.9 Å². The molecule has 0 unspecified atom stereocenters. The first-order chi connectivity index (χ1) is 15.8. The van der Waals surface area contributed by atoms with Crippen LogP contribution in [0.15, 0.2) is 76.8 Å². The topological polar surface area (TPSA) is 75.7 Å². The average molecular weight is 509 g/mol. The third-order valence-electron chi connectivity index (χ3n) is 5.03. The zero-order valence-electron chi connectivity index (χ0n) is 17.5. The van der Waals surface area contributed by atoms with Gasteiger partial charge >= 0.3 is 6.03 Å². The smallest absolute Gasteiger partial charge is 0.335 e. The number of nitrogens with zero attached hydrogens (tertiary/aromatic N) is 1. The Bertz CT molecular complexity index is 1290. The van der Waals surface area contributed by atoms with E-state index in [2.05, 4.69) is 21.2 Å². The molecule has 0 aliphatic carbocycles. The van der Waals surface area contributed by atoms with E-state index >= 15 is 0 Å². The molecule has 1 fully saturated rings. The van der Waals surface area contributed by atoms with Crippen LogP contribution in [-0.4, -0.2) is 17.8 Å². The molecule has 0 aromatic heterocycles. The zero-order valence-corrected chi connectivity index (χ0v) is 19.1. The molecule has 1 heterocycles. The van der Waals surface area contributed by atoms with E-state index in [4.69, 9.17) is 4.74 Å². The first kappa shape index (κ1) is 22.4. The maximum atomic E-state index is 13.2. The Morgan fingerprint density at radius 1 is 1.03 bits per heavy atom. The second-order valence-corrected chi connectivity index (χ2v) is 8.26. The molecular formula is C25H18BrFN2O4. The number of rotatable bonds is 5. The highest BCUT2D eigenvalue weighted by Gasteiger charge is 2.37. The third kappa shape index (κ3) is 4.85. The molecule has 4 amide bonds. The predicted octanol–water partition coefficient (Wildman–Crippen LogP) is 5.14. The summed E-state index contributed by atoms with van der Waals surface area (Å²) in [6.45, 7) is 1.93. The van der Waals surface area contributed by atoms with Crippen molar-refractivity contribution in [3.05, 3.63) is 99.3 Å². The minimum atomic E-state index is -0.812. The van der Waals surface area contributed by atoms with Crippen LogP contribution in [0, 0.1) is 12.7 Å². The Hall–Kier alpha value is -3.78. The summed E-state index contributed by atoms with van der Waals surface area (Å²) < 4.78 is 19.8. The van der Waals surface area contributed by atoms with Crippen LogP contribution in [-0.2, 0) is 16.2 Å². The van der Waals surface area contributed by atoms with E-state index < -0.39 is 17.8 Å². The van der Waals surface area contributed by atoms with Gasteiger partial charge in [0.25, 0.3) is 11.8 Å². The second-order valence-electron chi connectivity index (χ2n) is 7.34. The maximum absolute atomic E-state index is 13.2. The quantitative estimate of drug-likeness (QED) is 0.382. The highest BCUT2D eigenvalue weighted by Crippen LogP contribution is 2.29. The van der Waals surface area contributed by atoms with Gasteiger partial charge in [0.15, 0.2) is 0 Å². The number of carbonyl (C=O) groups excluding carboxylic acids is 3. The maximum Gasteiger partial charge on any atom is 0.335 e. The van der Waals surface area contributed by atoms with E-state index in [1.807, 2.05) is 0 Å². The van der Waals surface area contributed by atoms with Crippen molar-refractivity contribution >= 4 is 45.5 Å². The number of ether oxygens (including phenoxy) is 1. The molecule has 1 saturated heterocycles. The molecule has 1 aliphatic rings. The Morgan fingerprint density at radius 2 is 1.76 bits per heavy atom. The van der Waals surface area contributed by atoms with Crippen molar-refractivity contribution < 1.29 is 23.5 Å². The molecule has 0 spiro atoms. The Kier molecular flexibility index (Phi) is 6.37. The Balaban J connectivity index is 1.65. The summed E-state index contributed by atoms with van der Waals surface area (Å²) in [4.78, 5) is 39.2. The summed E-state index contributed by atoms with van der Waals surface area (Å²) in [5.41, 5.74) is 2.10. The molecule has 6 nitrogen and oxygen atoms in total. The van der Waals surface area contributed by atoms with Crippen molar-refractivity contribution in [3.63, 3.8) is 0 Å². The predicted molar refractivity (Wildman–Crippen MR) is 125 cm³/mol. The molecular weight excluding hydrogens is 491 g/mol. The van der Waals surface area contributed by atoms with Gasteiger partial charge in [0.2, 0.25) is 0 Å². The van der Waals surface area contributed by atoms with Crippen molar-refractivity contribution in [1.82, 2.24) is 5.32 Å². The molecule has 0 bridgehead atoms. The fourth-order valence-corrected chi connectivity index (χ4v) is 3.85. The van der Waals surface area contributed by atoms with E-state index in [-0.39, 0.29) is 18.0 Å². The van der Waals surface area contributed by atoms with Gasteiger partial charge in [-0.15, -0.1) is 0 Å². The summed E-state index contributed by atoms with van der Waals surface area (Å²) in [5.74, 6) is -1.43. The number of aryl methyl sites for hydroxylation is 1. The summed E-state index contributed by atoms with van der Waals surface area (Å²) in [6, 6.07) is 17.1. The largest absolute Gasteiger partial charge is 0.488 e. The lowest BCUT2D eigenvalue weighted by Gasteiger charge is -2.27. The number of imide groups is 2. The monoisotopic (exact) mass is 508 g/mol. The van der Waals surface area contributed by atoms with Crippen molar-refractivity contribution in [2.24, 2.45) is 0 Å². The summed E-state index contributed by atoms with van der Waals surface area (Å²) in [6.07, 6.45) is 1.39. The highest BCUT2D eigenvalue weighted by molar-refractivity contribution is 9.10. The fraction of sp³-hybridized carbons (Fsp3) is 0.0800. The van der Waals surface area contributed by atoms with Gasteiger partial charge in [-0.2, -0.15) is 0 Å². The Labute approximate surface area is 197 Å². The number of nitrogens with one attached hydrogen (secondary N) is 1. The average Bonchev–Trinajstić information content (AvgIpc) is 2.78. The molecule has 166 valence electrons. The fourth-order valence-electron chi connectivity index (χ4n) is 3.37. The normalized spacial score (nSPS) is 15.1. The van der Waals surface area contributed by atoms with Gasteiger partial charge in [0.05, 0.1) is 5.69 Å². The van der Waals surface area contributed by atoms with Crippen LogP contribution in [0.3, 0.4) is 0 Å². The number of benzene rings is 3. The molecule has 0 atom stereocenters. The number of carbonyl (C=O) groups is 3. The van der Waals surface area contributed by atoms with E-state index in [0.29, 0.717) is 22.6 Å². The summed E-state index contributed by atoms with van der Waals surface area (Å²) >= 11 is 3.36. The van der Waals surface area contributed by atoms with E-state index in [1.165, 1.54) is 18.2 Å². The van der Waals surface area contributed by atoms with E-state index in [9.17, 15) is 18.8 Å². The lowest BCUT2D eigenvalue weighted by molar-refractivity contribution is -0.122.